The lowest BCUT2D eigenvalue weighted by Gasteiger charge is -2.16. The van der Waals surface area contributed by atoms with E-state index in [1.165, 1.54) is 73.7 Å². The van der Waals surface area contributed by atoms with Crippen molar-refractivity contribution in [1.29, 1.82) is 0 Å². The Balaban J connectivity index is 1.03. The van der Waals surface area contributed by atoms with Crippen molar-refractivity contribution in [3.8, 4) is 78.4 Å². The predicted octanol–water partition coefficient (Wildman–Crippen LogP) is 16.9. The van der Waals surface area contributed by atoms with Gasteiger partial charge in [-0.15, -0.1) is 22.7 Å². The number of aromatic nitrogens is 2. The largest absolute Gasteiger partial charge is 0.228 e. The normalized spacial score (nSPS) is 11.5. The maximum absolute atomic E-state index is 5.35. The van der Waals surface area contributed by atoms with Crippen molar-refractivity contribution in [3.63, 3.8) is 0 Å². The minimum atomic E-state index is 0.695. The fourth-order valence-electron chi connectivity index (χ4n) is 8.86. The van der Waals surface area contributed by atoms with Gasteiger partial charge in [0.1, 0.15) is 0 Å². The van der Waals surface area contributed by atoms with Crippen LogP contribution in [0.25, 0.3) is 119 Å². The van der Waals surface area contributed by atoms with Crippen LogP contribution < -0.4 is 0 Å². The summed E-state index contributed by atoms with van der Waals surface area (Å²) in [4.78, 5) is 10.6. The number of benzene rings is 9. The van der Waals surface area contributed by atoms with Crippen molar-refractivity contribution in [2.75, 3.05) is 0 Å². The summed E-state index contributed by atoms with van der Waals surface area (Å²) in [6.07, 6.45) is 0. The Morgan fingerprint density at radius 2 is 0.758 bits per heavy atom. The molecule has 0 fully saturated rings. The molecule has 0 N–H and O–H groups in total. The molecule has 0 amide bonds. The van der Waals surface area contributed by atoms with Gasteiger partial charge in [0.25, 0.3) is 0 Å². The Bertz CT molecular complexity index is 3620. The topological polar surface area (TPSA) is 25.8 Å². The van der Waals surface area contributed by atoms with Crippen LogP contribution in [0.4, 0.5) is 0 Å². The molecule has 0 aliphatic rings. The van der Waals surface area contributed by atoms with E-state index in [4.69, 9.17) is 9.97 Å². The first-order chi connectivity index (χ1) is 30.7. The van der Waals surface area contributed by atoms with Crippen molar-refractivity contribution in [3.05, 3.63) is 218 Å². The monoisotopic (exact) mass is 824 g/mol. The molecule has 0 spiro atoms. The zero-order valence-corrected chi connectivity index (χ0v) is 35.1. The molecular formula is C58H36N2S2. The smallest absolute Gasteiger partial charge is 0.160 e. The minimum absolute atomic E-state index is 0.695. The number of hydrogen-bond donors (Lipinski definition) is 0. The van der Waals surface area contributed by atoms with Crippen LogP contribution >= 0.6 is 22.7 Å². The highest BCUT2D eigenvalue weighted by atomic mass is 32.1. The number of fused-ring (bicyclic) bond motifs is 6. The van der Waals surface area contributed by atoms with E-state index in [0.29, 0.717) is 5.82 Å². The van der Waals surface area contributed by atoms with Crippen molar-refractivity contribution in [1.82, 2.24) is 9.97 Å². The SMILES string of the molecule is c1ccc(-c2nc(-c3ccc(-c4ccc5sc6ccccc6c5c4)cc3)cc(-c3cc(-c4ccccc4-c4ccccc4)cc(-c4cccc5c4sc4ccccc45)c3)n2)cc1. The van der Waals surface area contributed by atoms with E-state index in [1.54, 1.807) is 0 Å². The molecule has 3 heterocycles. The highest BCUT2D eigenvalue weighted by Gasteiger charge is 2.18. The second kappa shape index (κ2) is 15.2. The third kappa shape index (κ3) is 6.49. The summed E-state index contributed by atoms with van der Waals surface area (Å²) in [5.41, 5.74) is 14.2. The minimum Gasteiger partial charge on any atom is -0.228 e. The molecule has 4 heteroatoms. The van der Waals surface area contributed by atoms with Crippen LogP contribution in [-0.4, -0.2) is 9.97 Å². The molecule has 0 aliphatic carbocycles. The standard InChI is InChI=1S/C58H36N2S2/c1-3-14-38(15-4-1)45-18-7-8-19-46(45)42-32-43(47-22-13-23-50-48-20-9-12-25-55(48)62-57(47)50)34-44(33-42)53-36-52(59-58(60-53)40-16-5-2-6-17-40)39-28-26-37(27-29-39)41-30-31-56-51(35-41)49-21-10-11-24-54(49)61-56/h1-36H. The molecule has 0 saturated carbocycles. The summed E-state index contributed by atoms with van der Waals surface area (Å²) in [5, 5.41) is 5.18. The summed E-state index contributed by atoms with van der Waals surface area (Å²) in [6, 6.07) is 78.7. The van der Waals surface area contributed by atoms with Gasteiger partial charge in [-0.1, -0.05) is 170 Å². The van der Waals surface area contributed by atoms with Crippen LogP contribution in [0.3, 0.4) is 0 Å². The average Bonchev–Trinajstić information content (AvgIpc) is 3.93. The summed E-state index contributed by atoms with van der Waals surface area (Å²) >= 11 is 3.71. The molecule has 0 aliphatic heterocycles. The highest BCUT2D eigenvalue weighted by Crippen LogP contribution is 2.44. The van der Waals surface area contributed by atoms with E-state index in [1.807, 2.05) is 28.7 Å². The zero-order chi connectivity index (χ0) is 41.0. The van der Waals surface area contributed by atoms with E-state index < -0.39 is 0 Å². The summed E-state index contributed by atoms with van der Waals surface area (Å²) < 4.78 is 5.21. The lowest BCUT2D eigenvalue weighted by atomic mass is 9.90. The number of rotatable bonds is 7. The van der Waals surface area contributed by atoms with E-state index in [2.05, 4.69) is 212 Å². The summed E-state index contributed by atoms with van der Waals surface area (Å²) in [5.74, 6) is 0.695. The molecule has 2 nitrogen and oxygen atoms in total. The van der Waals surface area contributed by atoms with Gasteiger partial charge >= 0.3 is 0 Å². The summed E-state index contributed by atoms with van der Waals surface area (Å²) in [6.45, 7) is 0. The molecule has 0 radical (unpaired) electrons. The number of thiophene rings is 2. The molecule has 9 aromatic carbocycles. The van der Waals surface area contributed by atoms with Gasteiger partial charge in [-0.3, -0.25) is 0 Å². The van der Waals surface area contributed by atoms with Crippen molar-refractivity contribution in [2.45, 2.75) is 0 Å². The van der Waals surface area contributed by atoms with Crippen LogP contribution in [0.5, 0.6) is 0 Å². The molecular weight excluding hydrogens is 789 g/mol. The van der Waals surface area contributed by atoms with Crippen molar-refractivity contribution < 1.29 is 0 Å². The lowest BCUT2D eigenvalue weighted by Crippen LogP contribution is -1.97. The lowest BCUT2D eigenvalue weighted by molar-refractivity contribution is 1.18. The van der Waals surface area contributed by atoms with Gasteiger partial charge in [0.2, 0.25) is 0 Å². The Kier molecular flexibility index (Phi) is 8.91. The second-order valence-electron chi connectivity index (χ2n) is 15.7. The van der Waals surface area contributed by atoms with Gasteiger partial charge in [-0.05, 0) is 93.0 Å². The van der Waals surface area contributed by atoms with Crippen molar-refractivity contribution in [2.24, 2.45) is 0 Å². The molecule has 0 atom stereocenters. The molecule has 0 bridgehead atoms. The molecule has 290 valence electrons. The maximum atomic E-state index is 5.35. The van der Waals surface area contributed by atoms with Crippen LogP contribution in [0.1, 0.15) is 0 Å². The predicted molar refractivity (Wildman–Crippen MR) is 266 cm³/mol. The Hall–Kier alpha value is -7.50. The second-order valence-corrected chi connectivity index (χ2v) is 17.8. The van der Waals surface area contributed by atoms with E-state index >= 15 is 0 Å². The van der Waals surface area contributed by atoms with Crippen LogP contribution in [-0.2, 0) is 0 Å². The fraction of sp³-hybridized carbons (Fsp3) is 0. The Morgan fingerprint density at radius 3 is 1.50 bits per heavy atom. The molecule has 12 rings (SSSR count). The van der Waals surface area contributed by atoms with Gasteiger partial charge in [-0.25, -0.2) is 9.97 Å². The Morgan fingerprint density at radius 1 is 0.258 bits per heavy atom. The van der Waals surface area contributed by atoms with Gasteiger partial charge in [0, 0.05) is 57.0 Å². The number of hydrogen-bond acceptors (Lipinski definition) is 4. The first-order valence-corrected chi connectivity index (χ1v) is 22.5. The van der Waals surface area contributed by atoms with Crippen LogP contribution in [0.15, 0.2) is 218 Å². The fourth-order valence-corrected chi connectivity index (χ4v) is 11.2. The molecule has 62 heavy (non-hydrogen) atoms. The van der Waals surface area contributed by atoms with Gasteiger partial charge in [0.05, 0.1) is 11.4 Å². The molecule has 0 unspecified atom stereocenters. The van der Waals surface area contributed by atoms with E-state index in [0.717, 1.165) is 39.2 Å². The van der Waals surface area contributed by atoms with Gasteiger partial charge < -0.3 is 0 Å². The third-order valence-electron chi connectivity index (χ3n) is 11.9. The molecule has 0 saturated heterocycles. The van der Waals surface area contributed by atoms with E-state index in [9.17, 15) is 0 Å². The quantitative estimate of drug-likeness (QED) is 0.160. The van der Waals surface area contributed by atoms with Crippen molar-refractivity contribution >= 4 is 63.0 Å². The maximum Gasteiger partial charge on any atom is 0.160 e. The summed E-state index contributed by atoms with van der Waals surface area (Å²) in [7, 11) is 0. The number of nitrogens with zero attached hydrogens (tertiary/aromatic N) is 2. The third-order valence-corrected chi connectivity index (χ3v) is 14.3. The van der Waals surface area contributed by atoms with Crippen LogP contribution in [0, 0.1) is 0 Å². The highest BCUT2D eigenvalue weighted by molar-refractivity contribution is 7.26. The average molecular weight is 825 g/mol. The zero-order valence-electron chi connectivity index (χ0n) is 33.5. The first kappa shape index (κ1) is 36.4. The Labute approximate surface area is 367 Å². The van der Waals surface area contributed by atoms with Gasteiger partial charge in [-0.2, -0.15) is 0 Å². The van der Waals surface area contributed by atoms with E-state index in [-0.39, 0.29) is 0 Å². The van der Waals surface area contributed by atoms with Gasteiger partial charge in [0.15, 0.2) is 5.82 Å². The van der Waals surface area contributed by atoms with Crippen LogP contribution in [0.2, 0.25) is 0 Å². The molecule has 12 aromatic rings. The first-order valence-electron chi connectivity index (χ1n) is 20.9. The molecule has 3 aromatic heterocycles.